The number of ketones is 2. The Bertz CT molecular complexity index is 805. The van der Waals surface area contributed by atoms with E-state index < -0.39 is 11.6 Å². The first-order valence-corrected chi connectivity index (χ1v) is 7.08. The third-order valence-corrected chi connectivity index (χ3v) is 4.22. The van der Waals surface area contributed by atoms with Crippen molar-refractivity contribution in [2.24, 2.45) is 0 Å². The number of anilines is 1. The van der Waals surface area contributed by atoms with E-state index in [1.54, 1.807) is 18.2 Å². The van der Waals surface area contributed by atoms with Crippen LogP contribution in [0.4, 0.5) is 5.88 Å². The van der Waals surface area contributed by atoms with E-state index in [1.807, 2.05) is 19.9 Å². The highest BCUT2D eigenvalue weighted by molar-refractivity contribution is 9.12. The zero-order valence-corrected chi connectivity index (χ0v) is 12.9. The molecule has 0 atom stereocenters. The van der Waals surface area contributed by atoms with E-state index in [9.17, 15) is 9.59 Å². The van der Waals surface area contributed by atoms with Crippen LogP contribution in [-0.2, 0) is 4.79 Å². The van der Waals surface area contributed by atoms with Crippen LogP contribution in [0, 0.1) is 13.8 Å². The quantitative estimate of drug-likeness (QED) is 0.845. The number of fused-ring (bicyclic) bond motifs is 1. The van der Waals surface area contributed by atoms with Gasteiger partial charge in [-0.3, -0.25) is 9.59 Å². The predicted octanol–water partition coefficient (Wildman–Crippen LogP) is 3.23. The van der Waals surface area contributed by atoms with Gasteiger partial charge >= 0.3 is 0 Å². The van der Waals surface area contributed by atoms with Gasteiger partial charge in [0.05, 0.1) is 15.9 Å². The highest BCUT2D eigenvalue weighted by atomic mass is 79.9. The summed E-state index contributed by atoms with van der Waals surface area (Å²) in [5.74, 6) is -0.644. The van der Waals surface area contributed by atoms with Crippen LogP contribution in [0.25, 0.3) is 5.70 Å². The van der Waals surface area contributed by atoms with E-state index in [-0.39, 0.29) is 4.48 Å². The summed E-state index contributed by atoms with van der Waals surface area (Å²) in [7, 11) is 0. The number of aryl methyl sites for hydroxylation is 1. The van der Waals surface area contributed by atoms with Gasteiger partial charge in [0.25, 0.3) is 0 Å². The molecule has 0 unspecified atom stereocenters. The number of carbonyl (C=O) groups is 2. The molecular weight excluding hydrogens is 336 g/mol. The fraction of sp³-hybridized carbons (Fsp3) is 0.133. The molecule has 106 valence electrons. The summed E-state index contributed by atoms with van der Waals surface area (Å²) in [6, 6.07) is 6.95. The van der Waals surface area contributed by atoms with E-state index in [1.165, 1.54) is 0 Å². The molecule has 2 aromatic rings. The molecule has 5 nitrogen and oxygen atoms in total. The molecule has 0 saturated heterocycles. The fourth-order valence-electron chi connectivity index (χ4n) is 2.12. The van der Waals surface area contributed by atoms with Gasteiger partial charge in [-0.1, -0.05) is 29.4 Å². The number of hydrogen-bond donors (Lipinski definition) is 1. The highest BCUT2D eigenvalue weighted by Gasteiger charge is 2.32. The molecule has 6 heteroatoms. The molecule has 0 bridgehead atoms. The lowest BCUT2D eigenvalue weighted by molar-refractivity contribution is -0.111. The van der Waals surface area contributed by atoms with Crippen LogP contribution in [0.2, 0.25) is 0 Å². The molecule has 0 fully saturated rings. The summed E-state index contributed by atoms with van der Waals surface area (Å²) in [6.07, 6.45) is 0. The Hall–Kier alpha value is -2.21. The topological polar surface area (TPSA) is 72.2 Å². The van der Waals surface area contributed by atoms with Gasteiger partial charge in [-0.2, -0.15) is 0 Å². The summed E-state index contributed by atoms with van der Waals surface area (Å²) in [5, 5.41) is 6.93. The Kier molecular flexibility index (Phi) is 3.25. The van der Waals surface area contributed by atoms with E-state index in [0.29, 0.717) is 22.7 Å². The van der Waals surface area contributed by atoms with Crippen molar-refractivity contribution in [1.29, 1.82) is 0 Å². The molecule has 1 heterocycles. The second kappa shape index (κ2) is 4.96. The largest absolute Gasteiger partial charge is 0.338 e. The van der Waals surface area contributed by atoms with Gasteiger partial charge in [0.2, 0.25) is 17.5 Å². The summed E-state index contributed by atoms with van der Waals surface area (Å²) in [6.45, 7) is 3.70. The van der Waals surface area contributed by atoms with Crippen molar-refractivity contribution < 1.29 is 14.1 Å². The number of halogens is 1. The van der Waals surface area contributed by atoms with E-state index in [0.717, 1.165) is 11.3 Å². The van der Waals surface area contributed by atoms with Crippen molar-refractivity contribution in [1.82, 2.24) is 5.16 Å². The molecule has 3 rings (SSSR count). The minimum absolute atomic E-state index is 0.194. The van der Waals surface area contributed by atoms with Gasteiger partial charge in [-0.05, 0) is 29.8 Å². The maximum absolute atomic E-state index is 12.0. The molecule has 1 aromatic heterocycles. The van der Waals surface area contributed by atoms with Gasteiger partial charge < -0.3 is 9.84 Å². The average molecular weight is 347 g/mol. The Morgan fingerprint density at radius 1 is 1.10 bits per heavy atom. The molecule has 0 amide bonds. The van der Waals surface area contributed by atoms with Crippen LogP contribution < -0.4 is 5.32 Å². The van der Waals surface area contributed by atoms with Crippen LogP contribution in [0.3, 0.4) is 0 Å². The molecular formula is C15H11BrN2O3. The van der Waals surface area contributed by atoms with Gasteiger partial charge in [0.15, 0.2) is 0 Å². The SMILES string of the molecule is Cc1noc(NC2=C(Br)C(=O)C(=O)c3ccccc32)c1C. The zero-order chi connectivity index (χ0) is 15.1. The monoisotopic (exact) mass is 346 g/mol. The molecule has 1 N–H and O–H groups in total. The average Bonchev–Trinajstić information content (AvgIpc) is 2.81. The molecule has 1 aliphatic carbocycles. The Morgan fingerprint density at radius 3 is 2.38 bits per heavy atom. The standard InChI is InChI=1S/C15H11BrN2O3/c1-7-8(2)18-21-15(7)17-12-9-5-3-4-6-10(9)13(19)14(20)11(12)16/h3-6,17H,1-2H3. The molecule has 0 aliphatic heterocycles. The van der Waals surface area contributed by atoms with Crippen molar-refractivity contribution in [3.8, 4) is 0 Å². The number of allylic oxidation sites excluding steroid dienone is 1. The van der Waals surface area contributed by atoms with Gasteiger partial charge in [0, 0.05) is 16.7 Å². The van der Waals surface area contributed by atoms with Crippen LogP contribution >= 0.6 is 15.9 Å². The molecule has 0 saturated carbocycles. The van der Waals surface area contributed by atoms with Crippen LogP contribution in [0.15, 0.2) is 33.3 Å². The molecule has 21 heavy (non-hydrogen) atoms. The van der Waals surface area contributed by atoms with Gasteiger partial charge in [0.1, 0.15) is 0 Å². The second-order valence-electron chi connectivity index (χ2n) is 4.74. The number of nitrogens with one attached hydrogen (secondary N) is 1. The van der Waals surface area contributed by atoms with Crippen molar-refractivity contribution in [3.63, 3.8) is 0 Å². The fourth-order valence-corrected chi connectivity index (χ4v) is 2.61. The van der Waals surface area contributed by atoms with Crippen LogP contribution in [-0.4, -0.2) is 16.7 Å². The lowest BCUT2D eigenvalue weighted by Gasteiger charge is -2.19. The summed E-state index contributed by atoms with van der Waals surface area (Å²) < 4.78 is 5.41. The Labute approximate surface area is 129 Å². The smallest absolute Gasteiger partial charge is 0.242 e. The van der Waals surface area contributed by atoms with Crippen molar-refractivity contribution >= 4 is 39.1 Å². The summed E-state index contributed by atoms with van der Waals surface area (Å²) in [5.41, 5.74) is 3.16. The minimum Gasteiger partial charge on any atom is -0.338 e. The van der Waals surface area contributed by atoms with Crippen LogP contribution in [0.1, 0.15) is 27.2 Å². The molecule has 0 radical (unpaired) electrons. The lowest BCUT2D eigenvalue weighted by Crippen LogP contribution is -2.23. The Morgan fingerprint density at radius 2 is 1.76 bits per heavy atom. The number of nitrogens with zero attached hydrogens (tertiary/aromatic N) is 1. The molecule has 1 aromatic carbocycles. The lowest BCUT2D eigenvalue weighted by atomic mass is 9.92. The number of hydrogen-bond acceptors (Lipinski definition) is 5. The number of rotatable bonds is 2. The number of aromatic nitrogens is 1. The van der Waals surface area contributed by atoms with E-state index >= 15 is 0 Å². The third-order valence-electron chi connectivity index (χ3n) is 3.46. The van der Waals surface area contributed by atoms with Crippen molar-refractivity contribution in [2.45, 2.75) is 13.8 Å². The number of Topliss-reactive ketones (excluding diaryl/α,β-unsaturated/α-hetero) is 2. The van der Waals surface area contributed by atoms with Crippen LogP contribution in [0.5, 0.6) is 0 Å². The predicted molar refractivity (Wildman–Crippen MR) is 81.2 cm³/mol. The molecule has 1 aliphatic rings. The maximum atomic E-state index is 12.0. The van der Waals surface area contributed by atoms with Crippen molar-refractivity contribution in [3.05, 3.63) is 51.1 Å². The summed E-state index contributed by atoms with van der Waals surface area (Å²) >= 11 is 3.20. The molecule has 0 spiro atoms. The normalized spacial score (nSPS) is 14.4. The third kappa shape index (κ3) is 2.12. The first kappa shape index (κ1) is 13.8. The minimum atomic E-state index is -0.579. The first-order chi connectivity index (χ1) is 10.0. The number of carbonyl (C=O) groups excluding carboxylic acids is 2. The first-order valence-electron chi connectivity index (χ1n) is 6.28. The highest BCUT2D eigenvalue weighted by Crippen LogP contribution is 2.34. The zero-order valence-electron chi connectivity index (χ0n) is 11.4. The Balaban J connectivity index is 2.14. The van der Waals surface area contributed by atoms with E-state index in [2.05, 4.69) is 26.4 Å². The van der Waals surface area contributed by atoms with Gasteiger partial charge in [-0.15, -0.1) is 0 Å². The maximum Gasteiger partial charge on any atom is 0.242 e. The second-order valence-corrected chi connectivity index (χ2v) is 5.53. The van der Waals surface area contributed by atoms with Gasteiger partial charge in [-0.25, -0.2) is 0 Å². The van der Waals surface area contributed by atoms with Crippen molar-refractivity contribution in [2.75, 3.05) is 5.32 Å². The number of benzene rings is 1. The van der Waals surface area contributed by atoms with E-state index in [4.69, 9.17) is 4.52 Å². The summed E-state index contributed by atoms with van der Waals surface area (Å²) in [4.78, 5) is 24.1.